The highest BCUT2D eigenvalue weighted by atomic mass is 79.9. The van der Waals surface area contributed by atoms with Crippen molar-refractivity contribution in [2.45, 2.75) is 83.4 Å². The van der Waals surface area contributed by atoms with Gasteiger partial charge in [-0.1, -0.05) is 54.8 Å². The molecular formula is C21H33Br. The van der Waals surface area contributed by atoms with Gasteiger partial charge in [-0.3, -0.25) is 0 Å². The minimum Gasteiger partial charge on any atom is -0.0842 e. The van der Waals surface area contributed by atoms with Crippen LogP contribution in [0.15, 0.2) is 11.6 Å². The summed E-state index contributed by atoms with van der Waals surface area (Å²) in [6, 6.07) is 0. The normalized spacial score (nSPS) is 54.2. The van der Waals surface area contributed by atoms with Crippen LogP contribution in [0.25, 0.3) is 0 Å². The van der Waals surface area contributed by atoms with E-state index in [0.717, 1.165) is 23.7 Å². The summed E-state index contributed by atoms with van der Waals surface area (Å²) in [6.45, 7) is 7.71. The smallest absolute Gasteiger partial charge is 0.0362 e. The molecule has 0 radical (unpaired) electrons. The fourth-order valence-corrected chi connectivity index (χ4v) is 8.68. The Morgan fingerprint density at radius 1 is 1.14 bits per heavy atom. The minimum atomic E-state index is 0.515. The van der Waals surface area contributed by atoms with E-state index >= 15 is 0 Å². The van der Waals surface area contributed by atoms with Crippen LogP contribution in [0.2, 0.25) is 0 Å². The topological polar surface area (TPSA) is 0 Å². The lowest BCUT2D eigenvalue weighted by atomic mass is 9.47. The van der Waals surface area contributed by atoms with E-state index in [0.29, 0.717) is 15.7 Å². The van der Waals surface area contributed by atoms with Crippen molar-refractivity contribution < 1.29 is 0 Å². The summed E-state index contributed by atoms with van der Waals surface area (Å²) in [5.41, 5.74) is 2.96. The van der Waals surface area contributed by atoms with E-state index in [1.807, 2.05) is 0 Å². The fraction of sp³-hybridized carbons (Fsp3) is 0.905. The lowest BCUT2D eigenvalue weighted by molar-refractivity contribution is -0.0496. The Balaban J connectivity index is 1.69. The van der Waals surface area contributed by atoms with Crippen molar-refractivity contribution in [1.82, 2.24) is 0 Å². The fourth-order valence-electron chi connectivity index (χ4n) is 7.54. The molecule has 0 aromatic rings. The molecule has 4 rings (SSSR count). The summed E-state index contributed by atoms with van der Waals surface area (Å²) in [4.78, 5) is 0.669. The zero-order chi connectivity index (χ0) is 15.5. The third-order valence-corrected chi connectivity index (χ3v) is 9.55. The number of hydrogen-bond donors (Lipinski definition) is 0. The molecule has 0 nitrogen and oxygen atoms in total. The average Bonchev–Trinajstić information content (AvgIpc) is 2.84. The Labute approximate surface area is 145 Å². The second kappa shape index (κ2) is 5.36. The number of halogens is 1. The molecule has 0 bridgehead atoms. The first-order valence-electron chi connectivity index (χ1n) is 9.85. The number of alkyl halides is 1. The highest BCUT2D eigenvalue weighted by Crippen LogP contribution is 2.67. The summed E-state index contributed by atoms with van der Waals surface area (Å²) in [6.07, 6.45) is 15.7. The molecule has 3 saturated carbocycles. The second-order valence-electron chi connectivity index (χ2n) is 9.28. The molecule has 0 spiro atoms. The summed E-state index contributed by atoms with van der Waals surface area (Å²) >= 11 is 4.11. The third-order valence-electron chi connectivity index (χ3n) is 8.69. The highest BCUT2D eigenvalue weighted by Gasteiger charge is 2.59. The maximum atomic E-state index is 4.11. The van der Waals surface area contributed by atoms with Crippen LogP contribution in [0.4, 0.5) is 0 Å². The van der Waals surface area contributed by atoms with Crippen LogP contribution >= 0.6 is 15.9 Å². The van der Waals surface area contributed by atoms with E-state index < -0.39 is 0 Å². The molecular weight excluding hydrogens is 332 g/mol. The Morgan fingerprint density at radius 3 is 2.73 bits per heavy atom. The van der Waals surface area contributed by atoms with E-state index in [1.54, 1.807) is 5.57 Å². The monoisotopic (exact) mass is 364 g/mol. The van der Waals surface area contributed by atoms with Crippen molar-refractivity contribution in [3.63, 3.8) is 0 Å². The predicted molar refractivity (Wildman–Crippen MR) is 98.2 cm³/mol. The summed E-state index contributed by atoms with van der Waals surface area (Å²) in [5.74, 6) is 3.97. The van der Waals surface area contributed by atoms with E-state index in [2.05, 4.69) is 42.8 Å². The zero-order valence-electron chi connectivity index (χ0n) is 14.7. The van der Waals surface area contributed by atoms with Gasteiger partial charge in [-0.15, -0.1) is 0 Å². The molecule has 4 aliphatic carbocycles. The Morgan fingerprint density at radius 2 is 1.95 bits per heavy atom. The van der Waals surface area contributed by atoms with Crippen LogP contribution in [0.5, 0.6) is 0 Å². The van der Waals surface area contributed by atoms with Gasteiger partial charge in [0.25, 0.3) is 0 Å². The van der Waals surface area contributed by atoms with Gasteiger partial charge < -0.3 is 0 Å². The molecule has 0 heterocycles. The SMILES string of the molecule is CC[C@H]1CC[C@H]2[C@@H]3CC(Br)C4=CCCC[C@]4(C)[C@H]3CC[C@]12C. The molecule has 1 unspecified atom stereocenters. The van der Waals surface area contributed by atoms with Gasteiger partial charge in [0.05, 0.1) is 0 Å². The van der Waals surface area contributed by atoms with Crippen molar-refractivity contribution in [2.75, 3.05) is 0 Å². The van der Waals surface area contributed by atoms with Crippen LogP contribution in [-0.4, -0.2) is 4.83 Å². The lowest BCUT2D eigenvalue weighted by Crippen LogP contribution is -2.52. The van der Waals surface area contributed by atoms with Crippen molar-refractivity contribution in [1.29, 1.82) is 0 Å². The Bertz CT molecular complexity index is 480. The van der Waals surface area contributed by atoms with Gasteiger partial charge in [-0.05, 0) is 85.9 Å². The van der Waals surface area contributed by atoms with Gasteiger partial charge in [0.15, 0.2) is 0 Å². The van der Waals surface area contributed by atoms with Crippen LogP contribution < -0.4 is 0 Å². The van der Waals surface area contributed by atoms with Gasteiger partial charge in [0.1, 0.15) is 0 Å². The minimum absolute atomic E-state index is 0.515. The van der Waals surface area contributed by atoms with E-state index in [-0.39, 0.29) is 0 Å². The largest absolute Gasteiger partial charge is 0.0842 e. The average molecular weight is 365 g/mol. The van der Waals surface area contributed by atoms with Crippen molar-refractivity contribution >= 4 is 15.9 Å². The molecule has 22 heavy (non-hydrogen) atoms. The number of allylic oxidation sites excluding steroid dienone is 2. The molecule has 7 atom stereocenters. The van der Waals surface area contributed by atoms with Gasteiger partial charge in [-0.2, -0.15) is 0 Å². The quantitative estimate of drug-likeness (QED) is 0.357. The maximum absolute atomic E-state index is 4.11. The van der Waals surface area contributed by atoms with E-state index in [1.165, 1.54) is 57.8 Å². The Hall–Kier alpha value is 0.220. The number of fused-ring (bicyclic) bond motifs is 5. The molecule has 0 aromatic heterocycles. The standard InChI is InChI=1S/C21H33Br/c1-4-14-8-9-16-15-13-19(22)18-7-5-6-11-21(18,3)17(15)10-12-20(14,16)2/h7,14-17,19H,4-6,8-13H2,1-3H3/t14-,15-,16-,17-,19?,20+,21+/m0/s1. The molecule has 124 valence electrons. The molecule has 4 aliphatic rings. The molecule has 0 saturated heterocycles. The second-order valence-corrected chi connectivity index (χ2v) is 10.4. The first-order valence-corrected chi connectivity index (χ1v) is 10.8. The molecule has 0 N–H and O–H groups in total. The predicted octanol–water partition coefficient (Wildman–Crippen LogP) is 6.74. The van der Waals surface area contributed by atoms with Crippen LogP contribution in [0, 0.1) is 34.5 Å². The zero-order valence-corrected chi connectivity index (χ0v) is 16.3. The first kappa shape index (κ1) is 15.7. The van der Waals surface area contributed by atoms with Crippen LogP contribution in [0.3, 0.4) is 0 Å². The van der Waals surface area contributed by atoms with Gasteiger partial charge >= 0.3 is 0 Å². The number of rotatable bonds is 1. The lowest BCUT2D eigenvalue weighted by Gasteiger charge is -2.59. The molecule has 0 amide bonds. The Kier molecular flexibility index (Phi) is 3.83. The van der Waals surface area contributed by atoms with Gasteiger partial charge in [-0.25, -0.2) is 0 Å². The highest BCUT2D eigenvalue weighted by molar-refractivity contribution is 9.09. The van der Waals surface area contributed by atoms with E-state index in [4.69, 9.17) is 0 Å². The van der Waals surface area contributed by atoms with E-state index in [9.17, 15) is 0 Å². The van der Waals surface area contributed by atoms with Crippen LogP contribution in [0.1, 0.15) is 78.6 Å². The third kappa shape index (κ3) is 1.99. The summed E-state index contributed by atoms with van der Waals surface area (Å²) in [5, 5.41) is 0. The summed E-state index contributed by atoms with van der Waals surface area (Å²) in [7, 11) is 0. The van der Waals surface area contributed by atoms with Gasteiger partial charge in [0, 0.05) is 4.83 Å². The number of hydrogen-bond acceptors (Lipinski definition) is 0. The molecule has 0 aromatic carbocycles. The molecule has 1 heteroatoms. The van der Waals surface area contributed by atoms with Gasteiger partial charge in [0.2, 0.25) is 0 Å². The maximum Gasteiger partial charge on any atom is 0.0362 e. The summed E-state index contributed by atoms with van der Waals surface area (Å²) < 4.78 is 0. The van der Waals surface area contributed by atoms with Crippen molar-refractivity contribution in [3.8, 4) is 0 Å². The molecule has 3 fully saturated rings. The van der Waals surface area contributed by atoms with Crippen molar-refractivity contribution in [2.24, 2.45) is 34.5 Å². The van der Waals surface area contributed by atoms with Crippen molar-refractivity contribution in [3.05, 3.63) is 11.6 Å². The van der Waals surface area contributed by atoms with Crippen LogP contribution in [-0.2, 0) is 0 Å². The first-order chi connectivity index (χ1) is 10.5. The molecule has 0 aliphatic heterocycles.